The van der Waals surface area contributed by atoms with Gasteiger partial charge >= 0.3 is 6.18 Å². The molecule has 0 saturated heterocycles. The Bertz CT molecular complexity index is 944. The number of benzene rings is 1. The molecule has 0 bridgehead atoms. The van der Waals surface area contributed by atoms with Crippen LogP contribution >= 0.6 is 11.6 Å². The fraction of sp³-hybridized carbons (Fsp3) is 0.188. The summed E-state index contributed by atoms with van der Waals surface area (Å²) >= 11 is 5.59. The number of halogens is 4. The minimum atomic E-state index is -4.54. The van der Waals surface area contributed by atoms with Gasteiger partial charge in [-0.3, -0.25) is 4.40 Å². The molecular weight excluding hydrogens is 341 g/mol. The second-order valence-corrected chi connectivity index (χ2v) is 5.72. The van der Waals surface area contributed by atoms with Crippen molar-refractivity contribution in [3.05, 3.63) is 58.4 Å². The molecule has 8 heteroatoms. The lowest BCUT2D eigenvalue weighted by Gasteiger charge is -2.08. The van der Waals surface area contributed by atoms with Gasteiger partial charge in [0.15, 0.2) is 5.82 Å². The van der Waals surface area contributed by atoms with E-state index in [-0.39, 0.29) is 10.7 Å². The molecule has 4 nitrogen and oxygen atoms in total. The van der Waals surface area contributed by atoms with Gasteiger partial charge in [-0.15, -0.1) is 10.2 Å². The summed E-state index contributed by atoms with van der Waals surface area (Å²) in [5.41, 5.74) is 1.51. The van der Waals surface area contributed by atoms with E-state index in [0.29, 0.717) is 17.2 Å². The molecule has 0 amide bonds. The van der Waals surface area contributed by atoms with Crippen molar-refractivity contribution in [2.24, 2.45) is 10.2 Å². The molecule has 0 aliphatic heterocycles. The molecule has 3 aromatic rings. The Morgan fingerprint density at radius 3 is 2.54 bits per heavy atom. The molecule has 1 aromatic carbocycles. The van der Waals surface area contributed by atoms with Gasteiger partial charge in [0.1, 0.15) is 5.65 Å². The van der Waals surface area contributed by atoms with Crippen LogP contribution in [0, 0.1) is 13.8 Å². The summed E-state index contributed by atoms with van der Waals surface area (Å²) in [6.45, 7) is 3.71. The molecule has 24 heavy (non-hydrogen) atoms. The fourth-order valence-corrected chi connectivity index (χ4v) is 2.49. The monoisotopic (exact) mass is 352 g/mol. The first kappa shape index (κ1) is 16.4. The normalized spacial score (nSPS) is 12.4. The van der Waals surface area contributed by atoms with Crippen molar-refractivity contribution >= 4 is 28.8 Å². The number of aryl methyl sites for hydroxylation is 2. The third kappa shape index (κ3) is 3.12. The zero-order valence-electron chi connectivity index (χ0n) is 12.8. The summed E-state index contributed by atoms with van der Waals surface area (Å²) in [5.74, 6) is 0.466. The van der Waals surface area contributed by atoms with Crippen molar-refractivity contribution in [2.45, 2.75) is 20.0 Å². The van der Waals surface area contributed by atoms with E-state index in [1.54, 1.807) is 17.5 Å². The maximum atomic E-state index is 12.9. The molecule has 0 radical (unpaired) electrons. The van der Waals surface area contributed by atoms with E-state index in [2.05, 4.69) is 15.2 Å². The van der Waals surface area contributed by atoms with Crippen LogP contribution < -0.4 is 0 Å². The van der Waals surface area contributed by atoms with Crippen LogP contribution in [0.1, 0.15) is 16.8 Å². The van der Waals surface area contributed by atoms with E-state index >= 15 is 0 Å². The van der Waals surface area contributed by atoms with Gasteiger partial charge in [-0.25, -0.2) is 4.98 Å². The van der Waals surface area contributed by atoms with Crippen LogP contribution in [0.25, 0.3) is 5.65 Å². The average molecular weight is 353 g/mol. The lowest BCUT2D eigenvalue weighted by molar-refractivity contribution is -0.137. The zero-order valence-corrected chi connectivity index (χ0v) is 13.5. The Balaban J connectivity index is 2.02. The van der Waals surface area contributed by atoms with Gasteiger partial charge < -0.3 is 0 Å². The summed E-state index contributed by atoms with van der Waals surface area (Å²) in [4.78, 5) is 4.37. The van der Waals surface area contributed by atoms with Gasteiger partial charge in [0.2, 0.25) is 0 Å². The van der Waals surface area contributed by atoms with Gasteiger partial charge in [0.05, 0.1) is 22.0 Å². The van der Waals surface area contributed by atoms with E-state index < -0.39 is 11.7 Å². The number of hydrogen-bond donors (Lipinski definition) is 0. The lowest BCUT2D eigenvalue weighted by Crippen LogP contribution is -2.05. The van der Waals surface area contributed by atoms with Crippen LogP contribution in [0.5, 0.6) is 0 Å². The summed E-state index contributed by atoms with van der Waals surface area (Å²) < 4.78 is 40.4. The third-order valence-electron chi connectivity index (χ3n) is 3.44. The van der Waals surface area contributed by atoms with Crippen LogP contribution in [0.4, 0.5) is 24.7 Å². The molecule has 0 spiro atoms. The van der Waals surface area contributed by atoms with Gasteiger partial charge in [-0.2, -0.15) is 13.2 Å². The summed E-state index contributed by atoms with van der Waals surface area (Å²) in [6, 6.07) is 7.18. The van der Waals surface area contributed by atoms with Crippen LogP contribution in [-0.2, 0) is 6.18 Å². The number of aromatic nitrogens is 2. The molecule has 0 saturated carbocycles. The molecule has 3 rings (SSSR count). The van der Waals surface area contributed by atoms with E-state index in [1.165, 1.54) is 6.07 Å². The second kappa shape index (κ2) is 5.90. The third-order valence-corrected chi connectivity index (χ3v) is 3.77. The number of hydrogen-bond acceptors (Lipinski definition) is 3. The van der Waals surface area contributed by atoms with Gasteiger partial charge in [-0.05, 0) is 49.7 Å². The number of alkyl halides is 3. The first-order valence-corrected chi connectivity index (χ1v) is 7.37. The highest BCUT2D eigenvalue weighted by Gasteiger charge is 2.33. The number of pyridine rings is 1. The van der Waals surface area contributed by atoms with Crippen LogP contribution in [0.3, 0.4) is 0 Å². The zero-order chi connectivity index (χ0) is 17.5. The van der Waals surface area contributed by atoms with Crippen molar-refractivity contribution in [3.8, 4) is 0 Å². The van der Waals surface area contributed by atoms with Crippen molar-refractivity contribution in [1.29, 1.82) is 0 Å². The average Bonchev–Trinajstić information content (AvgIpc) is 2.79. The van der Waals surface area contributed by atoms with Crippen molar-refractivity contribution in [1.82, 2.24) is 9.38 Å². The Labute approximate surface area is 140 Å². The number of fused-ring (bicyclic) bond motifs is 1. The molecule has 124 valence electrons. The standard InChI is InChI=1S/C16H12ClF3N4/c1-9-5-6-24-14(7-9)21-10(2)15(24)23-22-11-3-4-13(17)12(8-11)16(18,19)20/h3-8H,1-2H3. The van der Waals surface area contributed by atoms with E-state index in [1.807, 2.05) is 19.1 Å². The van der Waals surface area contributed by atoms with Crippen LogP contribution in [0.15, 0.2) is 46.8 Å². The summed E-state index contributed by atoms with van der Waals surface area (Å²) in [6.07, 6.45) is -2.75. The van der Waals surface area contributed by atoms with Crippen molar-refractivity contribution in [3.63, 3.8) is 0 Å². The highest BCUT2D eigenvalue weighted by Crippen LogP contribution is 2.37. The minimum absolute atomic E-state index is 0.0631. The molecule has 0 fully saturated rings. The van der Waals surface area contributed by atoms with Crippen molar-refractivity contribution < 1.29 is 13.2 Å². The molecule has 0 N–H and O–H groups in total. The largest absolute Gasteiger partial charge is 0.417 e. The Morgan fingerprint density at radius 2 is 1.83 bits per heavy atom. The van der Waals surface area contributed by atoms with E-state index in [9.17, 15) is 13.2 Å². The molecule has 2 aromatic heterocycles. The maximum absolute atomic E-state index is 12.9. The Kier molecular flexibility index (Phi) is 4.04. The SMILES string of the molecule is Cc1ccn2c(N=Nc3ccc(Cl)c(C(F)(F)F)c3)c(C)nc2c1. The summed E-state index contributed by atoms with van der Waals surface area (Å²) in [5, 5.41) is 7.59. The van der Waals surface area contributed by atoms with Gasteiger partial charge in [-0.1, -0.05) is 11.6 Å². The molecule has 0 unspecified atom stereocenters. The quantitative estimate of drug-likeness (QED) is 0.518. The molecule has 0 aliphatic rings. The first-order valence-electron chi connectivity index (χ1n) is 6.99. The van der Waals surface area contributed by atoms with Gasteiger partial charge in [0.25, 0.3) is 0 Å². The number of imidazole rings is 1. The predicted molar refractivity (Wildman–Crippen MR) is 85.3 cm³/mol. The van der Waals surface area contributed by atoms with E-state index in [0.717, 1.165) is 17.7 Å². The number of nitrogens with zero attached hydrogens (tertiary/aromatic N) is 4. The highest BCUT2D eigenvalue weighted by molar-refractivity contribution is 6.31. The van der Waals surface area contributed by atoms with Crippen LogP contribution in [-0.4, -0.2) is 9.38 Å². The van der Waals surface area contributed by atoms with Crippen LogP contribution in [0.2, 0.25) is 5.02 Å². The lowest BCUT2D eigenvalue weighted by atomic mass is 10.2. The molecule has 0 atom stereocenters. The smallest absolute Gasteiger partial charge is 0.283 e. The Hall–Kier alpha value is -2.41. The number of azo groups is 1. The molecular formula is C16H12ClF3N4. The maximum Gasteiger partial charge on any atom is 0.417 e. The molecule has 0 aliphatic carbocycles. The first-order chi connectivity index (χ1) is 11.3. The molecule has 2 heterocycles. The Morgan fingerprint density at radius 1 is 1.08 bits per heavy atom. The second-order valence-electron chi connectivity index (χ2n) is 5.32. The topological polar surface area (TPSA) is 42.0 Å². The number of rotatable bonds is 2. The van der Waals surface area contributed by atoms with E-state index in [4.69, 9.17) is 11.6 Å². The fourth-order valence-electron chi connectivity index (χ4n) is 2.27. The predicted octanol–water partition coefficient (Wildman–Crippen LogP) is 6.04. The highest BCUT2D eigenvalue weighted by atomic mass is 35.5. The van der Waals surface area contributed by atoms with Gasteiger partial charge in [0, 0.05) is 6.20 Å². The summed E-state index contributed by atoms with van der Waals surface area (Å²) in [7, 11) is 0. The van der Waals surface area contributed by atoms with Crippen molar-refractivity contribution in [2.75, 3.05) is 0 Å². The minimum Gasteiger partial charge on any atom is -0.283 e.